The van der Waals surface area contributed by atoms with E-state index in [4.69, 9.17) is 42.0 Å². The fraction of sp³-hybridized carbons (Fsp3) is 0.324. The molecule has 0 fully saturated rings. The highest BCUT2D eigenvalue weighted by molar-refractivity contribution is 6.34. The number of ether oxygens (including phenoxy) is 3. The summed E-state index contributed by atoms with van der Waals surface area (Å²) >= 11 is 13.6. The Morgan fingerprint density at radius 2 is 1.60 bits per heavy atom. The van der Waals surface area contributed by atoms with E-state index in [1.165, 1.54) is 0 Å². The Morgan fingerprint density at radius 1 is 0.827 bits per heavy atom. The van der Waals surface area contributed by atoms with E-state index in [0.717, 1.165) is 23.1 Å². The highest BCUT2D eigenvalue weighted by atomic mass is 35.5. The van der Waals surface area contributed by atoms with Gasteiger partial charge in [0.15, 0.2) is 0 Å². The average molecular weight is 756 g/mol. The van der Waals surface area contributed by atoms with Crippen LogP contribution in [0.4, 0.5) is 0 Å². The van der Waals surface area contributed by atoms with Gasteiger partial charge in [0, 0.05) is 48.9 Å². The number of carboxylic acids is 1. The number of nitrogens with zero attached hydrogens (tertiary/aromatic N) is 3. The lowest BCUT2D eigenvalue weighted by Gasteiger charge is -2.20. The maximum absolute atomic E-state index is 11.5. The first-order chi connectivity index (χ1) is 25.3. The molecule has 0 amide bonds. The standard InChI is InChI=1S/C37H40Cl2N4O9/c38-30-18-27(20-40-33(21-46)37(47)48)34(50-22-24-8-9-31-32(16-24)42-52-41-31)19-35(30)51-23-26-5-2-7-29(36(26)39)25-4-1-6-28(17-25)49-15-3-10-43(11-13-44)12-14-45/h1-2,4-9,16-19,33,40,44-46H,3,10-15,20-23H2,(H,47,48)/t33-/m1/s1. The lowest BCUT2D eigenvalue weighted by atomic mass is 10.0. The number of halogens is 2. The van der Waals surface area contributed by atoms with Crippen molar-refractivity contribution in [3.63, 3.8) is 0 Å². The van der Waals surface area contributed by atoms with Crippen molar-refractivity contribution in [1.29, 1.82) is 0 Å². The van der Waals surface area contributed by atoms with Gasteiger partial charge in [-0.3, -0.25) is 15.0 Å². The van der Waals surface area contributed by atoms with Gasteiger partial charge in [-0.1, -0.05) is 59.6 Å². The van der Waals surface area contributed by atoms with E-state index in [2.05, 4.69) is 15.6 Å². The molecule has 15 heteroatoms. The van der Waals surface area contributed by atoms with E-state index in [0.29, 0.717) is 70.7 Å². The first kappa shape index (κ1) is 38.8. The molecule has 276 valence electrons. The number of hydrogen-bond acceptors (Lipinski definition) is 12. The Labute approximate surface area is 310 Å². The van der Waals surface area contributed by atoms with Crippen LogP contribution in [0.1, 0.15) is 23.1 Å². The monoisotopic (exact) mass is 754 g/mol. The third kappa shape index (κ3) is 10.5. The van der Waals surface area contributed by atoms with Gasteiger partial charge in [-0.15, -0.1) is 0 Å². The number of benzene rings is 4. The number of nitrogens with one attached hydrogen (secondary N) is 1. The molecule has 0 bridgehead atoms. The van der Waals surface area contributed by atoms with Gasteiger partial charge in [0.25, 0.3) is 0 Å². The highest BCUT2D eigenvalue weighted by Crippen LogP contribution is 2.36. The lowest BCUT2D eigenvalue weighted by molar-refractivity contribution is -0.140. The fourth-order valence-corrected chi connectivity index (χ4v) is 5.95. The molecule has 0 aliphatic rings. The van der Waals surface area contributed by atoms with Crippen molar-refractivity contribution < 1.29 is 44.1 Å². The summed E-state index contributed by atoms with van der Waals surface area (Å²) in [5, 5.41) is 48.6. The van der Waals surface area contributed by atoms with Gasteiger partial charge in [0.05, 0.1) is 36.5 Å². The van der Waals surface area contributed by atoms with Crippen LogP contribution in [0.15, 0.2) is 77.4 Å². The van der Waals surface area contributed by atoms with Crippen LogP contribution < -0.4 is 19.5 Å². The minimum Gasteiger partial charge on any atom is -0.494 e. The average Bonchev–Trinajstić information content (AvgIpc) is 3.61. The predicted molar refractivity (Wildman–Crippen MR) is 195 cm³/mol. The first-order valence-electron chi connectivity index (χ1n) is 16.6. The lowest BCUT2D eigenvalue weighted by Crippen LogP contribution is -2.39. The molecule has 5 aromatic rings. The van der Waals surface area contributed by atoms with Crippen LogP contribution in [0.2, 0.25) is 10.0 Å². The van der Waals surface area contributed by atoms with Gasteiger partial charge >= 0.3 is 5.97 Å². The molecule has 1 atom stereocenters. The van der Waals surface area contributed by atoms with E-state index in [1.807, 2.05) is 53.4 Å². The number of carboxylic acid groups (broad SMARTS) is 1. The molecule has 0 aliphatic heterocycles. The number of hydrogen-bond donors (Lipinski definition) is 5. The topological polar surface area (TPSA) is 180 Å². The van der Waals surface area contributed by atoms with Crippen LogP contribution in [0.5, 0.6) is 17.2 Å². The SMILES string of the molecule is O=C(O)[C@@H](CO)NCc1cc(Cl)c(OCc2cccc(-c3cccc(OCCCN(CCO)CCO)c3)c2Cl)cc1OCc1ccc2nonc2c1. The minimum atomic E-state index is -1.19. The summed E-state index contributed by atoms with van der Waals surface area (Å²) in [6, 6.07) is 20.7. The summed E-state index contributed by atoms with van der Waals surface area (Å²) in [5.74, 6) is 0.201. The number of aliphatic carboxylic acids is 1. The van der Waals surface area contributed by atoms with Gasteiger partial charge in [0.1, 0.15) is 47.5 Å². The van der Waals surface area contributed by atoms with E-state index < -0.39 is 18.6 Å². The smallest absolute Gasteiger partial charge is 0.323 e. The Bertz CT molecular complexity index is 1920. The summed E-state index contributed by atoms with van der Waals surface area (Å²) in [7, 11) is 0. The van der Waals surface area contributed by atoms with Crippen molar-refractivity contribution in [2.75, 3.05) is 46.1 Å². The van der Waals surface area contributed by atoms with Crippen LogP contribution in [-0.2, 0) is 24.6 Å². The van der Waals surface area contributed by atoms with Gasteiger partial charge in [-0.05, 0) is 58.2 Å². The summed E-state index contributed by atoms with van der Waals surface area (Å²) in [4.78, 5) is 13.5. The van der Waals surface area contributed by atoms with E-state index in [1.54, 1.807) is 24.3 Å². The number of carbonyl (C=O) groups is 1. The summed E-state index contributed by atoms with van der Waals surface area (Å²) in [5.41, 5.74) is 4.89. The van der Waals surface area contributed by atoms with Crippen molar-refractivity contribution in [2.45, 2.75) is 32.2 Å². The van der Waals surface area contributed by atoms with Gasteiger partial charge in [-0.2, -0.15) is 0 Å². The molecule has 5 N–H and O–H groups in total. The van der Waals surface area contributed by atoms with Crippen LogP contribution in [0.3, 0.4) is 0 Å². The van der Waals surface area contributed by atoms with Gasteiger partial charge < -0.3 is 34.6 Å². The van der Waals surface area contributed by atoms with Crippen molar-refractivity contribution in [3.05, 3.63) is 99.5 Å². The van der Waals surface area contributed by atoms with E-state index in [-0.39, 0.29) is 38.0 Å². The zero-order valence-electron chi connectivity index (χ0n) is 28.2. The van der Waals surface area contributed by atoms with Crippen molar-refractivity contribution in [2.24, 2.45) is 0 Å². The Hall–Kier alpha value is -4.47. The third-order valence-electron chi connectivity index (χ3n) is 8.17. The zero-order valence-corrected chi connectivity index (χ0v) is 29.7. The van der Waals surface area contributed by atoms with E-state index >= 15 is 0 Å². The number of fused-ring (bicyclic) bond motifs is 1. The van der Waals surface area contributed by atoms with Gasteiger partial charge in [-0.25, -0.2) is 4.63 Å². The molecule has 0 unspecified atom stereocenters. The van der Waals surface area contributed by atoms with Crippen LogP contribution in [0, 0.1) is 0 Å². The normalized spacial score (nSPS) is 12.0. The van der Waals surface area contributed by atoms with Crippen molar-refractivity contribution >= 4 is 40.2 Å². The minimum absolute atomic E-state index is 0.0324. The van der Waals surface area contributed by atoms with Crippen molar-refractivity contribution in [1.82, 2.24) is 20.5 Å². The zero-order chi connectivity index (χ0) is 36.9. The first-order valence-corrected chi connectivity index (χ1v) is 17.4. The Balaban J connectivity index is 1.29. The molecular formula is C37H40Cl2N4O9. The highest BCUT2D eigenvalue weighted by Gasteiger charge is 2.19. The molecule has 5 rings (SSSR count). The second kappa shape index (κ2) is 19.4. The molecule has 4 aromatic carbocycles. The Kier molecular flexibility index (Phi) is 14.5. The molecule has 0 spiro atoms. The van der Waals surface area contributed by atoms with E-state index in [9.17, 15) is 25.2 Å². The fourth-order valence-electron chi connectivity index (χ4n) is 5.42. The molecular weight excluding hydrogens is 715 g/mol. The quantitative estimate of drug-likeness (QED) is 0.0637. The summed E-state index contributed by atoms with van der Waals surface area (Å²) in [6.07, 6.45) is 0.729. The van der Waals surface area contributed by atoms with Crippen LogP contribution >= 0.6 is 23.2 Å². The summed E-state index contributed by atoms with van der Waals surface area (Å²) in [6.45, 7) is 1.89. The van der Waals surface area contributed by atoms with Crippen LogP contribution in [0.25, 0.3) is 22.2 Å². The van der Waals surface area contributed by atoms with Crippen LogP contribution in [-0.4, -0.2) is 93.7 Å². The second-order valence-corrected chi connectivity index (χ2v) is 12.6. The summed E-state index contributed by atoms with van der Waals surface area (Å²) < 4.78 is 23.1. The van der Waals surface area contributed by atoms with Gasteiger partial charge in [0.2, 0.25) is 0 Å². The van der Waals surface area contributed by atoms with Crippen molar-refractivity contribution in [3.8, 4) is 28.4 Å². The number of aromatic nitrogens is 2. The Morgan fingerprint density at radius 3 is 2.37 bits per heavy atom. The maximum atomic E-state index is 11.5. The molecule has 1 heterocycles. The largest absolute Gasteiger partial charge is 0.494 e. The molecule has 0 saturated heterocycles. The third-order valence-corrected chi connectivity index (χ3v) is 8.92. The molecule has 52 heavy (non-hydrogen) atoms. The predicted octanol–water partition coefficient (Wildman–Crippen LogP) is 4.95. The maximum Gasteiger partial charge on any atom is 0.323 e. The molecule has 0 saturated carbocycles. The number of aliphatic hydroxyl groups is 3. The molecule has 13 nitrogen and oxygen atoms in total. The molecule has 0 radical (unpaired) electrons. The number of aliphatic hydroxyl groups excluding tert-OH is 3. The molecule has 0 aliphatic carbocycles. The molecule has 1 aromatic heterocycles. The number of rotatable bonds is 21. The second-order valence-electron chi connectivity index (χ2n) is 11.8.